The fourth-order valence-corrected chi connectivity index (χ4v) is 1.46. The first kappa shape index (κ1) is 9.11. The van der Waals surface area contributed by atoms with E-state index in [1.54, 1.807) is 0 Å². The lowest BCUT2D eigenvalue weighted by Gasteiger charge is -2.08. The molecule has 0 atom stereocenters. The summed E-state index contributed by atoms with van der Waals surface area (Å²) >= 11 is 0. The highest BCUT2D eigenvalue weighted by atomic mass is 14.9. The van der Waals surface area contributed by atoms with Crippen molar-refractivity contribution in [3.63, 3.8) is 0 Å². The van der Waals surface area contributed by atoms with Gasteiger partial charge in [-0.3, -0.25) is 0 Å². The average molecular weight is 163 g/mol. The molecule has 0 aliphatic carbocycles. The Morgan fingerprint density at radius 1 is 1.33 bits per heavy atom. The van der Waals surface area contributed by atoms with E-state index in [1.807, 2.05) is 13.8 Å². The van der Waals surface area contributed by atoms with Gasteiger partial charge in [0.1, 0.15) is 0 Å². The van der Waals surface area contributed by atoms with Crippen molar-refractivity contribution in [2.75, 3.05) is 0 Å². The Morgan fingerprint density at radius 2 is 2.08 bits per heavy atom. The zero-order valence-corrected chi connectivity index (χ0v) is 8.17. The molecule has 0 saturated carbocycles. The summed E-state index contributed by atoms with van der Waals surface area (Å²) in [5.41, 5.74) is 2.90. The van der Waals surface area contributed by atoms with Gasteiger partial charge in [0.05, 0.1) is 0 Å². The van der Waals surface area contributed by atoms with Crippen LogP contribution in [0.5, 0.6) is 0 Å². The Kier molecular flexibility index (Phi) is 3.15. The number of hydrogen-bond donors (Lipinski definition) is 0. The third-order valence-corrected chi connectivity index (χ3v) is 2.07. The van der Waals surface area contributed by atoms with Crippen LogP contribution in [0.15, 0.2) is 18.3 Å². The molecule has 1 aliphatic rings. The van der Waals surface area contributed by atoms with Gasteiger partial charge in [-0.2, -0.15) is 0 Å². The van der Waals surface area contributed by atoms with Crippen LogP contribution in [0, 0.1) is 6.92 Å². The predicted octanol–water partition coefficient (Wildman–Crippen LogP) is 3.24. The van der Waals surface area contributed by atoms with Gasteiger partial charge in [-0.25, -0.2) is 0 Å². The molecule has 1 aromatic rings. The van der Waals surface area contributed by atoms with E-state index in [4.69, 9.17) is 0 Å². The van der Waals surface area contributed by atoms with Crippen LogP contribution in [0.1, 0.15) is 31.5 Å². The molecule has 0 N–H and O–H groups in total. The number of aromatic nitrogens is 1. The van der Waals surface area contributed by atoms with Crippen molar-refractivity contribution in [3.05, 3.63) is 29.6 Å². The maximum atomic E-state index is 2.21. The van der Waals surface area contributed by atoms with Crippen molar-refractivity contribution in [3.8, 4) is 0 Å². The first-order valence-corrected chi connectivity index (χ1v) is 4.71. The molecule has 1 aliphatic heterocycles. The number of hydrogen-bond acceptors (Lipinski definition) is 0. The highest BCUT2D eigenvalue weighted by Gasteiger charge is 2.04. The normalized spacial score (nSPS) is 13.2. The first-order chi connectivity index (χ1) is 5.88. The fraction of sp³-hybridized carbons (Fsp3) is 0.455. The molecule has 0 amide bonds. The number of nitrogens with zero attached hydrogens (tertiary/aromatic N) is 1. The van der Waals surface area contributed by atoms with Gasteiger partial charge in [0.15, 0.2) is 0 Å². The van der Waals surface area contributed by atoms with Gasteiger partial charge in [0, 0.05) is 18.1 Å². The zero-order valence-electron chi connectivity index (χ0n) is 8.17. The smallest absolute Gasteiger partial charge is 0.0253 e. The van der Waals surface area contributed by atoms with Crippen molar-refractivity contribution in [1.82, 2.24) is 4.57 Å². The number of rotatable bonds is 0. The molecule has 1 nitrogen and oxygen atoms in total. The van der Waals surface area contributed by atoms with Crippen LogP contribution in [0.2, 0.25) is 0 Å². The Balaban J connectivity index is 0.000000336. The van der Waals surface area contributed by atoms with Gasteiger partial charge in [-0.1, -0.05) is 19.9 Å². The highest BCUT2D eigenvalue weighted by Crippen LogP contribution is 2.16. The summed E-state index contributed by atoms with van der Waals surface area (Å²) in [5.74, 6) is 0. The van der Waals surface area contributed by atoms with Crippen molar-refractivity contribution in [2.45, 2.75) is 33.6 Å². The van der Waals surface area contributed by atoms with Gasteiger partial charge in [0.25, 0.3) is 0 Å². The summed E-state index contributed by atoms with van der Waals surface area (Å²) in [6.07, 6.45) is 8.89. The fourth-order valence-electron chi connectivity index (χ4n) is 1.46. The Morgan fingerprint density at radius 3 is 2.75 bits per heavy atom. The number of fused-ring (bicyclic) bond motifs is 1. The largest absolute Gasteiger partial charge is 0.328 e. The second-order valence-corrected chi connectivity index (χ2v) is 2.78. The number of allylic oxidation sites excluding steroid dienone is 1. The number of aryl methyl sites for hydroxylation is 1. The molecule has 2 rings (SSSR count). The minimum Gasteiger partial charge on any atom is -0.328 e. The van der Waals surface area contributed by atoms with E-state index in [-0.39, 0.29) is 0 Å². The minimum absolute atomic E-state index is 1.20. The first-order valence-electron chi connectivity index (χ1n) is 4.71. The SMILES string of the molecule is CC.Cc1ccn2c1CCC=C2. The third kappa shape index (κ3) is 1.60. The topological polar surface area (TPSA) is 4.93 Å². The molecule has 0 spiro atoms. The van der Waals surface area contributed by atoms with Gasteiger partial charge < -0.3 is 4.57 Å². The average Bonchev–Trinajstić information content (AvgIpc) is 2.53. The predicted molar refractivity (Wildman–Crippen MR) is 54.2 cm³/mol. The molecular formula is C11H17N. The van der Waals surface area contributed by atoms with Crippen LogP contribution < -0.4 is 0 Å². The maximum absolute atomic E-state index is 2.21. The van der Waals surface area contributed by atoms with E-state index < -0.39 is 0 Å². The summed E-state index contributed by atoms with van der Waals surface area (Å²) in [6.45, 7) is 6.17. The lowest BCUT2D eigenvalue weighted by Crippen LogP contribution is -1.99. The van der Waals surface area contributed by atoms with E-state index in [2.05, 4.69) is 36.0 Å². The molecule has 0 unspecified atom stereocenters. The van der Waals surface area contributed by atoms with Gasteiger partial charge in [-0.15, -0.1) is 0 Å². The van der Waals surface area contributed by atoms with Gasteiger partial charge >= 0.3 is 0 Å². The van der Waals surface area contributed by atoms with Crippen molar-refractivity contribution in [2.24, 2.45) is 0 Å². The summed E-state index contributed by atoms with van der Waals surface area (Å²) in [7, 11) is 0. The Labute approximate surface area is 74.7 Å². The molecule has 0 fully saturated rings. The van der Waals surface area contributed by atoms with Crippen molar-refractivity contribution in [1.29, 1.82) is 0 Å². The van der Waals surface area contributed by atoms with Crippen molar-refractivity contribution >= 4 is 6.20 Å². The molecule has 0 saturated heterocycles. The molecule has 0 radical (unpaired) electrons. The van der Waals surface area contributed by atoms with Crippen LogP contribution in [0.3, 0.4) is 0 Å². The van der Waals surface area contributed by atoms with E-state index in [0.717, 1.165) is 0 Å². The molecular weight excluding hydrogens is 146 g/mol. The maximum Gasteiger partial charge on any atom is 0.0253 e. The molecule has 1 aromatic heterocycles. The third-order valence-electron chi connectivity index (χ3n) is 2.07. The Bertz CT molecular complexity index is 269. The lowest BCUT2D eigenvalue weighted by molar-refractivity contribution is 0.868. The molecule has 0 bridgehead atoms. The van der Waals surface area contributed by atoms with Crippen LogP contribution >= 0.6 is 0 Å². The summed E-state index contributed by atoms with van der Waals surface area (Å²) in [4.78, 5) is 0. The van der Waals surface area contributed by atoms with Crippen molar-refractivity contribution < 1.29 is 0 Å². The molecule has 2 heterocycles. The monoisotopic (exact) mass is 163 g/mol. The molecule has 12 heavy (non-hydrogen) atoms. The lowest BCUT2D eigenvalue weighted by atomic mass is 10.1. The Hall–Kier alpha value is -0.980. The summed E-state index contributed by atoms with van der Waals surface area (Å²) in [5, 5.41) is 0. The van der Waals surface area contributed by atoms with Crippen LogP contribution in [0.4, 0.5) is 0 Å². The molecule has 66 valence electrons. The summed E-state index contributed by atoms with van der Waals surface area (Å²) < 4.78 is 2.21. The quantitative estimate of drug-likeness (QED) is 0.553. The second kappa shape index (κ2) is 4.15. The standard InChI is InChI=1S/C9H11N.C2H6/c1-8-5-7-10-6-3-2-4-9(8)10;1-2/h3,5-7H,2,4H2,1H3;1-2H3. The van der Waals surface area contributed by atoms with Gasteiger partial charge in [0.2, 0.25) is 0 Å². The van der Waals surface area contributed by atoms with E-state index in [0.29, 0.717) is 0 Å². The molecule has 1 heteroatoms. The summed E-state index contributed by atoms with van der Waals surface area (Å²) in [6, 6.07) is 2.17. The second-order valence-electron chi connectivity index (χ2n) is 2.78. The zero-order chi connectivity index (χ0) is 8.97. The highest BCUT2D eigenvalue weighted by molar-refractivity contribution is 5.36. The minimum atomic E-state index is 1.20. The van der Waals surface area contributed by atoms with E-state index >= 15 is 0 Å². The van der Waals surface area contributed by atoms with E-state index in [9.17, 15) is 0 Å². The van der Waals surface area contributed by atoms with Gasteiger partial charge in [-0.05, 0) is 31.4 Å². The van der Waals surface area contributed by atoms with Crippen LogP contribution in [0.25, 0.3) is 6.20 Å². The van der Waals surface area contributed by atoms with Crippen LogP contribution in [-0.4, -0.2) is 4.57 Å². The molecule has 0 aromatic carbocycles. The van der Waals surface area contributed by atoms with Crippen LogP contribution in [-0.2, 0) is 6.42 Å². The van der Waals surface area contributed by atoms with E-state index in [1.165, 1.54) is 24.1 Å².